The highest BCUT2D eigenvalue weighted by Gasteiger charge is 2.73. The minimum atomic E-state index is -0.220. The number of hydrogen-bond donors (Lipinski definition) is 0. The van der Waals surface area contributed by atoms with Crippen molar-refractivity contribution in [1.29, 1.82) is 0 Å². The molecule has 27 heavy (non-hydrogen) atoms. The van der Waals surface area contributed by atoms with Crippen molar-refractivity contribution in [3.63, 3.8) is 0 Å². The monoisotopic (exact) mass is 366 g/mol. The van der Waals surface area contributed by atoms with Gasteiger partial charge in [0.05, 0.1) is 31.8 Å². The van der Waals surface area contributed by atoms with Gasteiger partial charge in [-0.25, -0.2) is 0 Å². The van der Waals surface area contributed by atoms with Crippen LogP contribution in [0.5, 0.6) is 11.5 Å². The van der Waals surface area contributed by atoms with Crippen LogP contribution in [0.4, 0.5) is 0 Å². The van der Waals surface area contributed by atoms with E-state index in [1.807, 2.05) is 13.0 Å². The quantitative estimate of drug-likeness (QED) is 0.456. The van der Waals surface area contributed by atoms with Gasteiger partial charge < -0.3 is 9.47 Å². The van der Waals surface area contributed by atoms with Crippen LogP contribution in [0.15, 0.2) is 35.5 Å². The van der Waals surface area contributed by atoms with Crippen molar-refractivity contribution in [2.24, 2.45) is 34.2 Å². The van der Waals surface area contributed by atoms with Crippen molar-refractivity contribution in [3.05, 3.63) is 35.9 Å². The third-order valence-electron chi connectivity index (χ3n) is 6.64. The van der Waals surface area contributed by atoms with Crippen LogP contribution in [0.2, 0.25) is 0 Å². The number of nitrogens with zero attached hydrogens (tertiary/aromatic N) is 2. The van der Waals surface area contributed by atoms with Crippen molar-refractivity contribution in [2.75, 3.05) is 13.7 Å². The molecule has 6 heteroatoms. The zero-order valence-electron chi connectivity index (χ0n) is 15.4. The van der Waals surface area contributed by atoms with Crippen molar-refractivity contribution in [3.8, 4) is 11.5 Å². The first-order valence-corrected chi connectivity index (χ1v) is 9.51. The number of benzene rings is 1. The molecule has 1 spiro atoms. The molecule has 3 fully saturated rings. The summed E-state index contributed by atoms with van der Waals surface area (Å²) in [6, 6.07) is 5.40. The maximum atomic E-state index is 12.9. The number of amides is 2. The highest BCUT2D eigenvalue weighted by Crippen LogP contribution is 2.73. The summed E-state index contributed by atoms with van der Waals surface area (Å²) in [4.78, 5) is 25.8. The van der Waals surface area contributed by atoms with Crippen LogP contribution in [0.25, 0.3) is 0 Å². The first kappa shape index (κ1) is 16.5. The highest BCUT2D eigenvalue weighted by atomic mass is 16.5. The third-order valence-corrected chi connectivity index (χ3v) is 6.64. The number of fused-ring (bicyclic) bond motifs is 3. The summed E-state index contributed by atoms with van der Waals surface area (Å²) < 4.78 is 10.8. The van der Waals surface area contributed by atoms with Gasteiger partial charge in [0.2, 0.25) is 0 Å². The Labute approximate surface area is 157 Å². The van der Waals surface area contributed by atoms with Crippen molar-refractivity contribution < 1.29 is 19.1 Å². The molecule has 4 aliphatic rings. The van der Waals surface area contributed by atoms with Gasteiger partial charge in [0, 0.05) is 0 Å². The lowest BCUT2D eigenvalue weighted by Gasteiger charge is -2.18. The summed E-state index contributed by atoms with van der Waals surface area (Å²) in [5.74, 6) is 0.936. The Morgan fingerprint density at radius 3 is 2.37 bits per heavy atom. The maximum Gasteiger partial charge on any atom is 0.254 e. The number of hydrazone groups is 1. The SMILES string of the molecule is CCOc1cc(/C=N\N2C(=O)[C@H]3[C@H](C2=O)[C@H]2C=C[C@H]3C23CC3)ccc1OC. The Kier molecular flexibility index (Phi) is 3.48. The Hall–Kier alpha value is -2.63. The van der Waals surface area contributed by atoms with Crippen molar-refractivity contribution in [1.82, 2.24) is 5.01 Å². The summed E-state index contributed by atoms with van der Waals surface area (Å²) >= 11 is 0. The summed E-state index contributed by atoms with van der Waals surface area (Å²) in [5.41, 5.74) is 0.954. The van der Waals surface area contributed by atoms with Gasteiger partial charge >= 0.3 is 0 Å². The van der Waals surface area contributed by atoms with Gasteiger partial charge in [-0.3, -0.25) is 9.59 Å². The molecule has 2 saturated carbocycles. The van der Waals surface area contributed by atoms with Gasteiger partial charge in [0.25, 0.3) is 11.8 Å². The van der Waals surface area contributed by atoms with Gasteiger partial charge in [0.1, 0.15) is 0 Å². The van der Waals surface area contributed by atoms with E-state index in [1.165, 1.54) is 0 Å². The molecule has 1 aromatic carbocycles. The molecule has 6 nitrogen and oxygen atoms in total. The predicted molar refractivity (Wildman–Crippen MR) is 98.4 cm³/mol. The van der Waals surface area contributed by atoms with Crippen LogP contribution in [0.3, 0.4) is 0 Å². The summed E-state index contributed by atoms with van der Waals surface area (Å²) in [7, 11) is 1.58. The largest absolute Gasteiger partial charge is 0.493 e. The average molecular weight is 366 g/mol. The van der Waals surface area contributed by atoms with Gasteiger partial charge in [0.15, 0.2) is 11.5 Å². The van der Waals surface area contributed by atoms with Crippen LogP contribution in [-0.2, 0) is 9.59 Å². The number of methoxy groups -OCH3 is 1. The number of carbonyl (C=O) groups excluding carboxylic acids is 2. The second-order valence-electron chi connectivity index (χ2n) is 7.80. The molecule has 0 aromatic heterocycles. The summed E-state index contributed by atoms with van der Waals surface area (Å²) in [6.45, 7) is 2.41. The normalized spacial score (nSPS) is 32.0. The Morgan fingerprint density at radius 1 is 1.15 bits per heavy atom. The Balaban J connectivity index is 1.39. The number of carbonyl (C=O) groups is 2. The maximum absolute atomic E-state index is 12.9. The summed E-state index contributed by atoms with van der Waals surface area (Å²) in [6.07, 6.45) is 8.14. The van der Waals surface area contributed by atoms with Crippen LogP contribution in [0.1, 0.15) is 25.3 Å². The fourth-order valence-corrected chi connectivity index (χ4v) is 5.34. The fourth-order valence-electron chi connectivity index (χ4n) is 5.34. The van der Waals surface area contributed by atoms with E-state index in [1.54, 1.807) is 25.5 Å². The average Bonchev–Trinajstić information content (AvgIpc) is 3.27. The molecule has 140 valence electrons. The molecule has 0 unspecified atom stereocenters. The van der Waals surface area contributed by atoms with E-state index < -0.39 is 0 Å². The third kappa shape index (κ3) is 2.16. The number of allylic oxidation sites excluding steroid dienone is 2. The fraction of sp³-hybridized carbons (Fsp3) is 0.476. The first-order chi connectivity index (χ1) is 13.1. The van der Waals surface area contributed by atoms with Crippen LogP contribution in [-0.4, -0.2) is 36.8 Å². The van der Waals surface area contributed by atoms with Crippen LogP contribution >= 0.6 is 0 Å². The zero-order chi connectivity index (χ0) is 18.8. The molecule has 1 aliphatic heterocycles. The van der Waals surface area contributed by atoms with Crippen LogP contribution < -0.4 is 9.47 Å². The van der Waals surface area contributed by atoms with Crippen LogP contribution in [0, 0.1) is 29.1 Å². The van der Waals surface area contributed by atoms with Gasteiger partial charge in [-0.15, -0.1) is 0 Å². The van der Waals surface area contributed by atoms with Gasteiger partial charge in [-0.2, -0.15) is 10.1 Å². The molecule has 0 N–H and O–H groups in total. The molecule has 3 aliphatic carbocycles. The topological polar surface area (TPSA) is 68.2 Å². The molecule has 4 atom stereocenters. The number of hydrogen-bond acceptors (Lipinski definition) is 5. The molecule has 1 heterocycles. The second kappa shape index (κ2) is 5.68. The molecular weight excluding hydrogens is 344 g/mol. The number of ether oxygens (including phenoxy) is 2. The van der Waals surface area contributed by atoms with E-state index in [-0.39, 0.29) is 40.9 Å². The lowest BCUT2D eigenvalue weighted by molar-refractivity contribution is -0.141. The van der Waals surface area contributed by atoms with Crippen molar-refractivity contribution >= 4 is 18.0 Å². The molecule has 2 bridgehead atoms. The zero-order valence-corrected chi connectivity index (χ0v) is 15.4. The molecule has 1 aromatic rings. The van der Waals surface area contributed by atoms with E-state index in [0.29, 0.717) is 18.1 Å². The van der Waals surface area contributed by atoms with E-state index in [4.69, 9.17) is 9.47 Å². The van der Waals surface area contributed by atoms with Gasteiger partial charge in [-0.05, 0) is 60.8 Å². The number of rotatable bonds is 5. The van der Waals surface area contributed by atoms with E-state index >= 15 is 0 Å². The minimum absolute atomic E-state index is 0.150. The van der Waals surface area contributed by atoms with Gasteiger partial charge in [-0.1, -0.05) is 12.2 Å². The molecular formula is C21H22N2O4. The number of imide groups is 1. The lowest BCUT2D eigenvalue weighted by Crippen LogP contribution is -2.30. The highest BCUT2D eigenvalue weighted by molar-refractivity contribution is 6.07. The Bertz CT molecular complexity index is 852. The second-order valence-corrected chi connectivity index (χ2v) is 7.80. The molecule has 5 rings (SSSR count). The minimum Gasteiger partial charge on any atom is -0.493 e. The molecule has 0 radical (unpaired) electrons. The standard InChI is InChI=1S/C21H22N2O4/c1-3-27-16-10-12(4-7-15(16)26-2)11-22-23-19(24)17-13-5-6-14(18(17)20(23)25)21(13)8-9-21/h4-7,10-11,13-14,17-18H,3,8-9H2,1-2H3/b22-11-/t13-,14-,17-,18-/m1/s1. The smallest absolute Gasteiger partial charge is 0.254 e. The predicted octanol–water partition coefficient (Wildman–Crippen LogP) is 2.63. The molecule has 2 amide bonds. The first-order valence-electron chi connectivity index (χ1n) is 9.51. The van der Waals surface area contributed by atoms with Crippen molar-refractivity contribution in [2.45, 2.75) is 19.8 Å². The summed E-state index contributed by atoms with van der Waals surface area (Å²) in [5, 5.41) is 5.33. The van der Waals surface area contributed by atoms with E-state index in [9.17, 15) is 9.59 Å². The Morgan fingerprint density at radius 2 is 1.81 bits per heavy atom. The van der Waals surface area contributed by atoms with E-state index in [0.717, 1.165) is 23.4 Å². The molecule has 1 saturated heterocycles. The lowest BCUT2D eigenvalue weighted by atomic mass is 9.85. The van der Waals surface area contributed by atoms with E-state index in [2.05, 4.69) is 17.3 Å².